The second-order valence-electron chi connectivity index (χ2n) is 6.64. The van der Waals surface area contributed by atoms with E-state index in [1.165, 1.54) is 24.2 Å². The average molecular weight is 369 g/mol. The largest absolute Gasteiger partial charge is 0.473 e. The maximum Gasteiger partial charge on any atom is 0.245 e. The summed E-state index contributed by atoms with van der Waals surface area (Å²) in [5, 5.41) is 3.32. The third kappa shape index (κ3) is 3.62. The number of nitrogens with one attached hydrogen (secondary N) is 2. The van der Waals surface area contributed by atoms with Crippen LogP contribution in [-0.2, 0) is 0 Å². The van der Waals surface area contributed by atoms with Gasteiger partial charge >= 0.3 is 0 Å². The fraction of sp³-hybridized carbons (Fsp3) is 0.421. The van der Waals surface area contributed by atoms with Gasteiger partial charge in [-0.05, 0) is 62.6 Å². The highest BCUT2D eigenvalue weighted by Crippen LogP contribution is 2.29. The molecule has 0 amide bonds. The quantitative estimate of drug-likeness (QED) is 0.627. The Bertz CT molecular complexity index is 904. The zero-order chi connectivity index (χ0) is 17.9. The van der Waals surface area contributed by atoms with Gasteiger partial charge in [0.05, 0.1) is 6.33 Å². The highest BCUT2D eigenvalue weighted by molar-refractivity contribution is 7.98. The van der Waals surface area contributed by atoms with Crippen LogP contribution >= 0.6 is 11.8 Å². The van der Waals surface area contributed by atoms with Crippen molar-refractivity contribution in [2.45, 2.75) is 50.0 Å². The number of hydrogen-bond donors (Lipinski definition) is 2. The van der Waals surface area contributed by atoms with Gasteiger partial charge < -0.3 is 15.0 Å². The first kappa shape index (κ1) is 17.1. The Morgan fingerprint density at radius 3 is 2.81 bits per heavy atom. The van der Waals surface area contributed by atoms with Crippen LogP contribution < -0.4 is 10.1 Å². The molecule has 3 aromatic rings. The lowest BCUT2D eigenvalue weighted by atomic mass is 9.98. The van der Waals surface area contributed by atoms with Crippen LogP contribution in [0.15, 0.2) is 29.4 Å². The first-order chi connectivity index (χ1) is 12.7. The van der Waals surface area contributed by atoms with Gasteiger partial charge in [-0.1, -0.05) is 6.42 Å². The molecule has 26 heavy (non-hydrogen) atoms. The summed E-state index contributed by atoms with van der Waals surface area (Å²) >= 11 is 1.73. The molecule has 0 unspecified atom stereocenters. The maximum absolute atomic E-state index is 6.21. The molecule has 0 bridgehead atoms. The number of benzene rings is 1. The molecule has 1 fully saturated rings. The summed E-state index contributed by atoms with van der Waals surface area (Å²) in [4.78, 5) is 17.8. The third-order valence-electron chi connectivity index (χ3n) is 4.76. The SMILES string of the molecule is CSc1ccc(Nc2nc(OC3CCCCC3)c3[nH]cnc3n2)c(C)c1. The Labute approximate surface area is 157 Å². The monoisotopic (exact) mass is 369 g/mol. The van der Waals surface area contributed by atoms with Gasteiger partial charge in [-0.25, -0.2) is 4.98 Å². The van der Waals surface area contributed by atoms with Crippen LogP contribution in [0.1, 0.15) is 37.7 Å². The molecule has 1 aliphatic rings. The van der Waals surface area contributed by atoms with E-state index >= 15 is 0 Å². The van der Waals surface area contributed by atoms with E-state index < -0.39 is 0 Å². The van der Waals surface area contributed by atoms with Crippen molar-refractivity contribution < 1.29 is 4.74 Å². The van der Waals surface area contributed by atoms with Crippen molar-refractivity contribution in [2.75, 3.05) is 11.6 Å². The molecule has 2 aromatic heterocycles. The zero-order valence-corrected chi connectivity index (χ0v) is 15.9. The lowest BCUT2D eigenvalue weighted by Gasteiger charge is -2.22. The smallest absolute Gasteiger partial charge is 0.245 e. The van der Waals surface area contributed by atoms with E-state index in [1.807, 2.05) is 0 Å². The molecule has 1 saturated carbocycles. The predicted molar refractivity (Wildman–Crippen MR) is 105 cm³/mol. The van der Waals surface area contributed by atoms with E-state index in [-0.39, 0.29) is 6.10 Å². The van der Waals surface area contributed by atoms with Crippen LogP contribution in [0, 0.1) is 6.92 Å². The Morgan fingerprint density at radius 2 is 2.04 bits per heavy atom. The Morgan fingerprint density at radius 1 is 1.19 bits per heavy atom. The fourth-order valence-corrected chi connectivity index (χ4v) is 3.81. The minimum absolute atomic E-state index is 0.223. The van der Waals surface area contributed by atoms with Crippen molar-refractivity contribution in [3.8, 4) is 5.88 Å². The van der Waals surface area contributed by atoms with Crippen molar-refractivity contribution in [3.05, 3.63) is 30.1 Å². The number of hydrogen-bond acceptors (Lipinski definition) is 6. The number of fused-ring (bicyclic) bond motifs is 1. The number of aromatic amines is 1. The van der Waals surface area contributed by atoms with Gasteiger partial charge in [0.15, 0.2) is 5.65 Å². The first-order valence-electron chi connectivity index (χ1n) is 9.02. The number of anilines is 2. The molecule has 0 atom stereocenters. The predicted octanol–water partition coefficient (Wildman–Crippen LogP) is 4.84. The number of imidazole rings is 1. The van der Waals surface area contributed by atoms with Crippen LogP contribution in [0.4, 0.5) is 11.6 Å². The molecule has 4 rings (SSSR count). The Hall–Kier alpha value is -2.28. The third-order valence-corrected chi connectivity index (χ3v) is 5.49. The van der Waals surface area contributed by atoms with Crippen LogP contribution in [0.25, 0.3) is 11.2 Å². The van der Waals surface area contributed by atoms with Gasteiger partial charge in [-0.3, -0.25) is 0 Å². The van der Waals surface area contributed by atoms with E-state index in [4.69, 9.17) is 4.74 Å². The molecule has 6 nitrogen and oxygen atoms in total. The minimum atomic E-state index is 0.223. The topological polar surface area (TPSA) is 75.7 Å². The van der Waals surface area contributed by atoms with Gasteiger partial charge in [-0.2, -0.15) is 9.97 Å². The van der Waals surface area contributed by atoms with Crippen molar-refractivity contribution >= 4 is 34.6 Å². The van der Waals surface area contributed by atoms with Crippen molar-refractivity contribution in [2.24, 2.45) is 0 Å². The van der Waals surface area contributed by atoms with E-state index in [9.17, 15) is 0 Å². The summed E-state index contributed by atoms with van der Waals surface area (Å²) in [6.45, 7) is 2.08. The second kappa shape index (κ2) is 7.53. The number of thioether (sulfide) groups is 1. The first-order valence-corrected chi connectivity index (χ1v) is 10.2. The summed E-state index contributed by atoms with van der Waals surface area (Å²) in [5.74, 6) is 1.09. The highest BCUT2D eigenvalue weighted by atomic mass is 32.2. The molecule has 7 heteroatoms. The normalized spacial score (nSPS) is 15.3. The molecule has 0 aliphatic heterocycles. The second-order valence-corrected chi connectivity index (χ2v) is 7.52. The van der Waals surface area contributed by atoms with E-state index in [0.717, 1.165) is 29.6 Å². The molecule has 0 spiro atoms. The van der Waals surface area contributed by atoms with Gasteiger partial charge in [0.25, 0.3) is 0 Å². The highest BCUT2D eigenvalue weighted by Gasteiger charge is 2.19. The molecular formula is C19H23N5OS. The standard InChI is InChI=1S/C19H23N5OS/c1-12-10-14(26-2)8-9-15(12)22-19-23-17-16(20-11-21-17)18(24-19)25-13-6-4-3-5-7-13/h8-11,13H,3-7H2,1-2H3,(H2,20,21,22,23,24). The number of aryl methyl sites for hydroxylation is 1. The Balaban J connectivity index is 1.63. The van der Waals surface area contributed by atoms with Crippen molar-refractivity contribution in [3.63, 3.8) is 0 Å². The molecule has 1 aromatic carbocycles. The fourth-order valence-electron chi connectivity index (χ4n) is 3.31. The molecule has 1 aliphatic carbocycles. The summed E-state index contributed by atoms with van der Waals surface area (Å²) < 4.78 is 6.21. The van der Waals surface area contributed by atoms with Crippen LogP contribution in [0.2, 0.25) is 0 Å². The number of rotatable bonds is 5. The van der Waals surface area contributed by atoms with E-state index in [2.05, 4.69) is 56.6 Å². The molecule has 0 radical (unpaired) electrons. The lowest BCUT2D eigenvalue weighted by Crippen LogP contribution is -2.20. The van der Waals surface area contributed by atoms with E-state index in [0.29, 0.717) is 17.5 Å². The zero-order valence-electron chi connectivity index (χ0n) is 15.1. The van der Waals surface area contributed by atoms with Crippen LogP contribution in [0.5, 0.6) is 5.88 Å². The molecule has 136 valence electrons. The van der Waals surface area contributed by atoms with Crippen LogP contribution in [0.3, 0.4) is 0 Å². The summed E-state index contributed by atoms with van der Waals surface area (Å²) in [6.07, 6.45) is 9.82. The average Bonchev–Trinajstić information content (AvgIpc) is 3.13. The van der Waals surface area contributed by atoms with Gasteiger partial charge in [-0.15, -0.1) is 11.8 Å². The van der Waals surface area contributed by atoms with Crippen molar-refractivity contribution in [1.82, 2.24) is 19.9 Å². The molecule has 2 heterocycles. The maximum atomic E-state index is 6.21. The summed E-state index contributed by atoms with van der Waals surface area (Å²) in [6, 6.07) is 6.30. The number of H-pyrrole nitrogens is 1. The lowest BCUT2D eigenvalue weighted by molar-refractivity contribution is 0.150. The number of nitrogens with zero attached hydrogens (tertiary/aromatic N) is 3. The van der Waals surface area contributed by atoms with Gasteiger partial charge in [0.1, 0.15) is 11.6 Å². The minimum Gasteiger partial charge on any atom is -0.473 e. The summed E-state index contributed by atoms with van der Waals surface area (Å²) in [7, 11) is 0. The Kier molecular flexibility index (Phi) is 4.97. The molecule has 0 saturated heterocycles. The van der Waals surface area contributed by atoms with Gasteiger partial charge in [0.2, 0.25) is 11.8 Å². The van der Waals surface area contributed by atoms with Crippen molar-refractivity contribution in [1.29, 1.82) is 0 Å². The van der Waals surface area contributed by atoms with Crippen LogP contribution in [-0.4, -0.2) is 32.3 Å². The summed E-state index contributed by atoms with van der Waals surface area (Å²) in [5.41, 5.74) is 3.51. The number of aromatic nitrogens is 4. The number of ether oxygens (including phenoxy) is 1. The van der Waals surface area contributed by atoms with E-state index in [1.54, 1.807) is 18.1 Å². The molecular weight excluding hydrogens is 346 g/mol. The van der Waals surface area contributed by atoms with Gasteiger partial charge in [0, 0.05) is 10.6 Å². The molecule has 2 N–H and O–H groups in total.